The smallest absolute Gasteiger partial charge is 0.312 e. The van der Waals surface area contributed by atoms with Crippen molar-refractivity contribution in [3.63, 3.8) is 0 Å². The molecule has 2 amide bonds. The minimum absolute atomic E-state index is 0.124. The summed E-state index contributed by atoms with van der Waals surface area (Å²) in [6, 6.07) is 6.91. The van der Waals surface area contributed by atoms with Crippen molar-refractivity contribution in [2.24, 2.45) is 11.8 Å². The summed E-state index contributed by atoms with van der Waals surface area (Å²) in [5.41, 5.74) is -0.238. The Kier molecular flexibility index (Phi) is 10.7. The Morgan fingerprint density at radius 2 is 1.77 bits per heavy atom. The number of amides is 2. The fourth-order valence-corrected chi connectivity index (χ4v) is 7.52. The van der Waals surface area contributed by atoms with Gasteiger partial charge in [0.1, 0.15) is 17.6 Å². The highest BCUT2D eigenvalue weighted by Crippen LogP contribution is 2.64. The van der Waals surface area contributed by atoms with Gasteiger partial charge in [-0.15, -0.1) is 13.2 Å². The molecule has 0 saturated carbocycles. The number of allylic oxidation sites excluding steroid dienone is 1. The highest BCUT2D eigenvalue weighted by molar-refractivity contribution is 6.05. The number of carbonyl (C=O) groups is 3. The van der Waals surface area contributed by atoms with Crippen molar-refractivity contribution >= 4 is 29.2 Å². The second kappa shape index (κ2) is 14.1. The molecule has 9 nitrogen and oxygen atoms in total. The SMILES string of the molecule is C=CCCCCOC(=O)[C@@H]1[C@H]2C(=O)N(CCCO)C(C(=O)N(CC=C)c3ccc(N(CC)CC)cc3)C23CC[C@@]1(CC)O3. The normalized spacial score (nSPS) is 27.2. The van der Waals surface area contributed by atoms with E-state index in [1.165, 1.54) is 0 Å². The number of hydrogen-bond acceptors (Lipinski definition) is 7. The molecule has 2 bridgehead atoms. The van der Waals surface area contributed by atoms with Gasteiger partial charge in [0.05, 0.1) is 18.1 Å². The molecule has 0 aliphatic carbocycles. The van der Waals surface area contributed by atoms with Gasteiger partial charge in [0.2, 0.25) is 5.91 Å². The van der Waals surface area contributed by atoms with E-state index in [1.807, 2.05) is 37.3 Å². The van der Waals surface area contributed by atoms with Gasteiger partial charge >= 0.3 is 5.97 Å². The van der Waals surface area contributed by atoms with Crippen LogP contribution >= 0.6 is 0 Å². The van der Waals surface area contributed by atoms with Crippen LogP contribution in [0.4, 0.5) is 11.4 Å². The maximum atomic E-state index is 14.7. The predicted molar refractivity (Wildman–Crippen MR) is 168 cm³/mol. The van der Waals surface area contributed by atoms with Crippen molar-refractivity contribution in [3.8, 4) is 0 Å². The number of likely N-dealkylation sites (tertiary alicyclic amines) is 1. The Morgan fingerprint density at radius 1 is 1.07 bits per heavy atom. The first-order chi connectivity index (χ1) is 20.8. The van der Waals surface area contributed by atoms with Gasteiger partial charge < -0.3 is 29.3 Å². The second-order valence-electron chi connectivity index (χ2n) is 11.8. The topological polar surface area (TPSA) is 99.6 Å². The largest absolute Gasteiger partial charge is 0.465 e. The van der Waals surface area contributed by atoms with Crippen LogP contribution < -0.4 is 9.80 Å². The summed E-state index contributed by atoms with van der Waals surface area (Å²) in [4.78, 5) is 48.0. The third-order valence-corrected chi connectivity index (χ3v) is 9.64. The molecule has 1 aromatic rings. The number of nitrogens with zero attached hydrogens (tertiary/aromatic N) is 3. The molecule has 3 aliphatic rings. The van der Waals surface area contributed by atoms with Gasteiger partial charge in [-0.2, -0.15) is 0 Å². The van der Waals surface area contributed by atoms with Crippen molar-refractivity contribution in [1.82, 2.24) is 4.90 Å². The molecule has 236 valence electrons. The number of ether oxygens (including phenoxy) is 2. The molecule has 2 unspecified atom stereocenters. The number of aliphatic hydroxyl groups excluding tert-OH is 1. The van der Waals surface area contributed by atoms with Crippen LogP contribution in [0.2, 0.25) is 0 Å². The van der Waals surface area contributed by atoms with Crippen LogP contribution in [0.5, 0.6) is 0 Å². The number of anilines is 2. The third-order valence-electron chi connectivity index (χ3n) is 9.64. The Labute approximate surface area is 256 Å². The van der Waals surface area contributed by atoms with Gasteiger partial charge in [0.15, 0.2) is 0 Å². The van der Waals surface area contributed by atoms with Crippen LogP contribution in [-0.2, 0) is 23.9 Å². The van der Waals surface area contributed by atoms with Crippen molar-refractivity contribution < 1.29 is 29.0 Å². The predicted octanol–water partition coefficient (Wildman–Crippen LogP) is 4.49. The maximum absolute atomic E-state index is 14.7. The minimum atomic E-state index is -1.15. The van der Waals surface area contributed by atoms with E-state index in [0.29, 0.717) is 37.8 Å². The first-order valence-corrected chi connectivity index (χ1v) is 15.9. The zero-order chi connectivity index (χ0) is 31.2. The molecule has 3 fully saturated rings. The summed E-state index contributed by atoms with van der Waals surface area (Å²) in [5.74, 6) is -2.56. The molecule has 0 aromatic heterocycles. The number of hydrogen-bond donors (Lipinski definition) is 1. The minimum Gasteiger partial charge on any atom is -0.465 e. The Hall–Kier alpha value is -3.17. The van der Waals surface area contributed by atoms with E-state index in [2.05, 4.69) is 31.9 Å². The summed E-state index contributed by atoms with van der Waals surface area (Å²) in [6.45, 7) is 16.1. The number of esters is 1. The lowest BCUT2D eigenvalue weighted by Gasteiger charge is -2.37. The second-order valence-corrected chi connectivity index (χ2v) is 11.8. The molecule has 1 N–H and O–H groups in total. The van der Waals surface area contributed by atoms with Crippen molar-refractivity contribution in [2.45, 2.75) is 83.0 Å². The van der Waals surface area contributed by atoms with Gasteiger partial charge in [-0.3, -0.25) is 14.4 Å². The molecule has 4 rings (SSSR count). The summed E-state index contributed by atoms with van der Waals surface area (Å²) < 4.78 is 12.6. The third kappa shape index (κ3) is 5.86. The number of fused-ring (bicyclic) bond motifs is 1. The first-order valence-electron chi connectivity index (χ1n) is 15.9. The van der Waals surface area contributed by atoms with Gasteiger partial charge in [-0.1, -0.05) is 19.1 Å². The van der Waals surface area contributed by atoms with E-state index in [9.17, 15) is 19.5 Å². The van der Waals surface area contributed by atoms with Crippen molar-refractivity contribution in [2.75, 3.05) is 49.2 Å². The number of unbranched alkanes of at least 4 members (excludes halogenated alkanes) is 2. The maximum Gasteiger partial charge on any atom is 0.312 e. The number of rotatable bonds is 17. The van der Waals surface area contributed by atoms with E-state index >= 15 is 0 Å². The van der Waals surface area contributed by atoms with Gasteiger partial charge in [0, 0.05) is 44.2 Å². The monoisotopic (exact) mass is 595 g/mol. The van der Waals surface area contributed by atoms with Gasteiger partial charge in [0.25, 0.3) is 5.91 Å². The first kappa shape index (κ1) is 32.7. The average molecular weight is 596 g/mol. The molecular formula is C34H49N3O6. The molecule has 3 heterocycles. The van der Waals surface area contributed by atoms with E-state index in [-0.39, 0.29) is 38.1 Å². The van der Waals surface area contributed by atoms with Crippen LogP contribution in [0.15, 0.2) is 49.6 Å². The fourth-order valence-electron chi connectivity index (χ4n) is 7.52. The van der Waals surface area contributed by atoms with E-state index < -0.39 is 35.0 Å². The summed E-state index contributed by atoms with van der Waals surface area (Å²) in [5, 5.41) is 9.67. The molecule has 43 heavy (non-hydrogen) atoms. The highest BCUT2D eigenvalue weighted by Gasteiger charge is 2.79. The summed E-state index contributed by atoms with van der Waals surface area (Å²) in [7, 11) is 0. The number of carbonyl (C=O) groups excluding carboxylic acids is 3. The lowest BCUT2D eigenvalue weighted by molar-refractivity contribution is -0.161. The molecule has 1 spiro atoms. The van der Waals surface area contributed by atoms with Crippen molar-refractivity contribution in [1.29, 1.82) is 0 Å². The van der Waals surface area contributed by atoms with Gasteiger partial charge in [-0.05, 0) is 83.1 Å². The van der Waals surface area contributed by atoms with Crippen LogP contribution in [0.3, 0.4) is 0 Å². The molecule has 1 aromatic carbocycles. The van der Waals surface area contributed by atoms with Crippen molar-refractivity contribution in [3.05, 3.63) is 49.6 Å². The van der Waals surface area contributed by atoms with Crippen LogP contribution in [0, 0.1) is 11.8 Å². The van der Waals surface area contributed by atoms with Crippen LogP contribution in [0.1, 0.15) is 65.7 Å². The zero-order valence-corrected chi connectivity index (χ0v) is 26.1. The molecule has 9 heteroatoms. The molecule has 0 radical (unpaired) electrons. The number of benzene rings is 1. The molecular weight excluding hydrogens is 546 g/mol. The highest BCUT2D eigenvalue weighted by atomic mass is 16.6. The lowest BCUT2D eigenvalue weighted by Crippen LogP contribution is -2.56. The lowest BCUT2D eigenvalue weighted by atomic mass is 9.65. The van der Waals surface area contributed by atoms with Gasteiger partial charge in [-0.25, -0.2) is 0 Å². The Balaban J connectivity index is 1.69. The average Bonchev–Trinajstić information content (AvgIpc) is 3.62. The standard InChI is InChI=1S/C34H49N3O6/c1-6-11-12-13-24-42-32(41)28-27-30(39)37(22-14-23-38)29(34(27)20-19-33(28,8-3)43-34)31(40)36(21-7-2)26-17-15-25(16-18-26)35(9-4)10-5/h6-7,15-18,27-29,38H,1-2,8-14,19-24H2,3-5H3/t27-,28-,29?,33+,34?/m0/s1. The fraction of sp³-hybridized carbons (Fsp3) is 0.618. The quantitative estimate of drug-likeness (QED) is 0.161. The molecule has 3 aliphatic heterocycles. The molecule has 5 atom stereocenters. The van der Waals surface area contributed by atoms with E-state index in [4.69, 9.17) is 9.47 Å². The van der Waals surface area contributed by atoms with Crippen LogP contribution in [-0.4, -0.2) is 84.4 Å². The van der Waals surface area contributed by atoms with E-state index in [0.717, 1.165) is 31.6 Å². The summed E-state index contributed by atoms with van der Waals surface area (Å²) in [6.07, 6.45) is 7.85. The Morgan fingerprint density at radius 3 is 2.37 bits per heavy atom. The Bertz CT molecular complexity index is 1170. The molecule has 3 saturated heterocycles. The number of aliphatic hydroxyl groups is 1. The summed E-state index contributed by atoms with van der Waals surface area (Å²) >= 11 is 0. The van der Waals surface area contributed by atoms with Crippen LogP contribution in [0.25, 0.3) is 0 Å². The zero-order valence-electron chi connectivity index (χ0n) is 26.1. The van der Waals surface area contributed by atoms with E-state index in [1.54, 1.807) is 15.9 Å².